The van der Waals surface area contributed by atoms with E-state index in [2.05, 4.69) is 16.1 Å². The van der Waals surface area contributed by atoms with Gasteiger partial charge in [0.1, 0.15) is 0 Å². The van der Waals surface area contributed by atoms with Crippen molar-refractivity contribution in [3.8, 4) is 6.07 Å². The molecule has 0 aromatic heterocycles. The smallest absolute Gasteiger partial charge is 0.226 e. The molecule has 7 heteroatoms. The molecule has 0 aromatic rings. The summed E-state index contributed by atoms with van der Waals surface area (Å²) in [7, 11) is 0. The van der Waals surface area contributed by atoms with Gasteiger partial charge in [-0.3, -0.25) is 4.84 Å². The molecule has 0 amide bonds. The lowest BCUT2D eigenvalue weighted by Crippen LogP contribution is -2.53. The monoisotopic (exact) mass is 238 g/mol. The van der Waals surface area contributed by atoms with E-state index in [1.807, 2.05) is 13.8 Å². The van der Waals surface area contributed by atoms with Crippen LogP contribution in [0.25, 0.3) is 0 Å². The zero-order valence-electron chi connectivity index (χ0n) is 10.2. The molecular weight excluding hydrogens is 220 g/mol. The second kappa shape index (κ2) is 5.50. The first-order chi connectivity index (χ1) is 7.97. The number of rotatable bonds is 5. The van der Waals surface area contributed by atoms with Crippen LogP contribution in [0.2, 0.25) is 0 Å². The number of hydrogen-bond donors (Lipinski definition) is 2. The zero-order chi connectivity index (χ0) is 12.9. The van der Waals surface area contributed by atoms with Crippen LogP contribution >= 0.6 is 0 Å². The fourth-order valence-corrected chi connectivity index (χ4v) is 1.48. The lowest BCUT2D eigenvalue weighted by Gasteiger charge is -2.36. The largest absolute Gasteiger partial charge is 0.368 e. The van der Waals surface area contributed by atoms with Crippen LogP contribution in [-0.2, 0) is 4.84 Å². The Hall–Kier alpha value is -1.81. The summed E-state index contributed by atoms with van der Waals surface area (Å²) in [6.45, 7) is 4.13. The van der Waals surface area contributed by atoms with E-state index >= 15 is 0 Å². The van der Waals surface area contributed by atoms with Gasteiger partial charge in [0, 0.05) is 6.42 Å². The highest BCUT2D eigenvalue weighted by molar-refractivity contribution is 5.95. The van der Waals surface area contributed by atoms with E-state index in [1.54, 1.807) is 0 Å². The molecule has 7 nitrogen and oxygen atoms in total. The van der Waals surface area contributed by atoms with Gasteiger partial charge in [0.15, 0.2) is 5.66 Å². The molecule has 0 radical (unpaired) electrons. The number of hydrogen-bond acceptors (Lipinski definition) is 7. The zero-order valence-corrected chi connectivity index (χ0v) is 10.2. The average molecular weight is 238 g/mol. The first-order valence-electron chi connectivity index (χ1n) is 5.47. The summed E-state index contributed by atoms with van der Waals surface area (Å²) in [4.78, 5) is 13.5. The maximum Gasteiger partial charge on any atom is 0.226 e. The molecule has 1 aliphatic heterocycles. The Balaban J connectivity index is 2.48. The Labute approximate surface area is 101 Å². The van der Waals surface area contributed by atoms with Gasteiger partial charge in [-0.1, -0.05) is 0 Å². The van der Waals surface area contributed by atoms with Gasteiger partial charge in [-0.05, 0) is 26.7 Å². The number of nitriles is 1. The van der Waals surface area contributed by atoms with Crippen molar-refractivity contribution >= 4 is 11.9 Å². The second-order valence-corrected chi connectivity index (χ2v) is 4.18. The summed E-state index contributed by atoms with van der Waals surface area (Å²) in [5, 5.41) is 9.84. The Kier molecular flexibility index (Phi) is 4.29. The fourth-order valence-electron chi connectivity index (χ4n) is 1.48. The third-order valence-corrected chi connectivity index (χ3v) is 2.23. The quantitative estimate of drug-likeness (QED) is 0.668. The molecule has 0 unspecified atom stereocenters. The molecule has 0 aliphatic carbocycles. The molecule has 1 rings (SSSR count). The van der Waals surface area contributed by atoms with Crippen LogP contribution in [0.1, 0.15) is 33.1 Å². The van der Waals surface area contributed by atoms with E-state index in [0.717, 1.165) is 12.8 Å². The van der Waals surface area contributed by atoms with Gasteiger partial charge in [0.2, 0.25) is 11.9 Å². The van der Waals surface area contributed by atoms with Crippen LogP contribution in [0.5, 0.6) is 0 Å². The molecule has 1 aliphatic rings. The van der Waals surface area contributed by atoms with Gasteiger partial charge in [0.25, 0.3) is 0 Å². The van der Waals surface area contributed by atoms with E-state index in [-0.39, 0.29) is 11.9 Å². The summed E-state index contributed by atoms with van der Waals surface area (Å²) in [6.07, 6.45) is 2.11. The molecule has 0 atom stereocenters. The van der Waals surface area contributed by atoms with Gasteiger partial charge in [-0.25, -0.2) is 4.99 Å². The van der Waals surface area contributed by atoms with Crippen LogP contribution < -0.4 is 11.5 Å². The molecule has 17 heavy (non-hydrogen) atoms. The third kappa shape index (κ3) is 3.60. The average Bonchev–Trinajstić information content (AvgIpc) is 2.19. The topological polar surface area (TPSA) is 113 Å². The highest BCUT2D eigenvalue weighted by Crippen LogP contribution is 2.19. The van der Waals surface area contributed by atoms with Crippen molar-refractivity contribution in [1.82, 2.24) is 5.06 Å². The third-order valence-electron chi connectivity index (χ3n) is 2.23. The minimum atomic E-state index is -0.662. The SMILES string of the molecule is CC1(C)N=C(N)N=C(N)N1OCCCCC#N. The molecule has 0 saturated heterocycles. The molecular formula is C10H18N6O. The van der Waals surface area contributed by atoms with Crippen LogP contribution in [-0.4, -0.2) is 29.3 Å². The van der Waals surface area contributed by atoms with Crippen molar-refractivity contribution in [2.75, 3.05) is 6.61 Å². The van der Waals surface area contributed by atoms with Crippen LogP contribution in [0.4, 0.5) is 0 Å². The standard InChI is InChI=1S/C10H18N6O/c1-10(2)15-8(12)14-9(13)16(10)17-7-5-3-4-6-11/h3-5,7H2,1-2H3,(H4,12,13,14,15). The summed E-state index contributed by atoms with van der Waals surface area (Å²) in [5.74, 6) is 0.347. The predicted molar refractivity (Wildman–Crippen MR) is 64.6 cm³/mol. The molecule has 94 valence electrons. The van der Waals surface area contributed by atoms with Crippen molar-refractivity contribution in [2.24, 2.45) is 21.5 Å². The number of unbranched alkanes of at least 4 members (excludes halogenated alkanes) is 2. The van der Waals surface area contributed by atoms with Gasteiger partial charge < -0.3 is 11.5 Å². The molecule has 0 aromatic carbocycles. The van der Waals surface area contributed by atoms with E-state index in [4.69, 9.17) is 21.6 Å². The number of guanidine groups is 2. The summed E-state index contributed by atoms with van der Waals surface area (Å²) in [6, 6.07) is 2.08. The Morgan fingerprint density at radius 3 is 2.71 bits per heavy atom. The Bertz CT molecular complexity index is 367. The number of nitrogens with two attached hydrogens (primary N) is 2. The van der Waals surface area contributed by atoms with Crippen molar-refractivity contribution in [1.29, 1.82) is 5.26 Å². The minimum Gasteiger partial charge on any atom is -0.368 e. The summed E-state index contributed by atoms with van der Waals surface area (Å²) in [5.41, 5.74) is 10.6. The highest BCUT2D eigenvalue weighted by atomic mass is 16.7. The first kappa shape index (κ1) is 13.3. The lowest BCUT2D eigenvalue weighted by molar-refractivity contribution is -0.157. The lowest BCUT2D eigenvalue weighted by atomic mass is 10.2. The maximum absolute atomic E-state index is 8.40. The molecule has 1 heterocycles. The van der Waals surface area contributed by atoms with E-state index in [1.165, 1.54) is 5.06 Å². The Morgan fingerprint density at radius 2 is 2.12 bits per heavy atom. The van der Waals surface area contributed by atoms with E-state index in [9.17, 15) is 0 Å². The minimum absolute atomic E-state index is 0.150. The molecule has 0 bridgehead atoms. The van der Waals surface area contributed by atoms with Gasteiger partial charge >= 0.3 is 0 Å². The van der Waals surface area contributed by atoms with E-state index < -0.39 is 5.66 Å². The van der Waals surface area contributed by atoms with E-state index in [0.29, 0.717) is 13.0 Å². The van der Waals surface area contributed by atoms with Crippen molar-refractivity contribution < 1.29 is 4.84 Å². The van der Waals surface area contributed by atoms with Crippen molar-refractivity contribution in [2.45, 2.75) is 38.8 Å². The van der Waals surface area contributed by atoms with Crippen LogP contribution in [0, 0.1) is 11.3 Å². The normalized spacial score (nSPS) is 18.3. The van der Waals surface area contributed by atoms with Crippen LogP contribution in [0.15, 0.2) is 9.98 Å². The second-order valence-electron chi connectivity index (χ2n) is 4.18. The molecule has 4 N–H and O–H groups in total. The number of nitrogens with zero attached hydrogens (tertiary/aromatic N) is 4. The van der Waals surface area contributed by atoms with Gasteiger partial charge in [0.05, 0.1) is 12.7 Å². The molecule has 0 spiro atoms. The summed E-state index contributed by atoms with van der Waals surface area (Å²) < 4.78 is 0. The maximum atomic E-state index is 8.40. The fraction of sp³-hybridized carbons (Fsp3) is 0.700. The number of hydroxylamine groups is 2. The highest BCUT2D eigenvalue weighted by Gasteiger charge is 2.32. The van der Waals surface area contributed by atoms with Gasteiger partial charge in [-0.15, -0.1) is 0 Å². The van der Waals surface area contributed by atoms with Crippen molar-refractivity contribution in [3.05, 3.63) is 0 Å². The summed E-state index contributed by atoms with van der Waals surface area (Å²) >= 11 is 0. The van der Waals surface area contributed by atoms with Crippen molar-refractivity contribution in [3.63, 3.8) is 0 Å². The Morgan fingerprint density at radius 1 is 1.41 bits per heavy atom. The van der Waals surface area contributed by atoms with Crippen LogP contribution in [0.3, 0.4) is 0 Å². The first-order valence-corrected chi connectivity index (χ1v) is 5.47. The number of aliphatic imine (C=N–C) groups is 2. The van der Waals surface area contributed by atoms with Gasteiger partial charge in [-0.2, -0.15) is 15.3 Å². The predicted octanol–water partition coefficient (Wildman–Crippen LogP) is 0.293. The molecule has 0 saturated carbocycles. The molecule has 0 fully saturated rings.